The Morgan fingerprint density at radius 1 is 1.21 bits per heavy atom. The van der Waals surface area contributed by atoms with Crippen molar-refractivity contribution in [3.05, 3.63) is 0 Å². The first kappa shape index (κ1) is 11.9. The van der Waals surface area contributed by atoms with Gasteiger partial charge in [0.25, 0.3) is 0 Å². The average molecular weight is 204 g/mol. The Balaban J connectivity index is 2.33. The molecule has 1 fully saturated rings. The summed E-state index contributed by atoms with van der Waals surface area (Å²) in [6.07, 6.45) is 1.42. The number of aliphatic hydroxyl groups is 3. The second kappa shape index (κ2) is 5.66. The maximum Gasteiger partial charge on any atom is 0.103 e. The monoisotopic (exact) mass is 204 g/mol. The van der Waals surface area contributed by atoms with Crippen LogP contribution in [0.5, 0.6) is 0 Å². The molecule has 4 nitrogen and oxygen atoms in total. The second-order valence-electron chi connectivity index (χ2n) is 3.90. The largest absolute Gasteiger partial charge is 0.394 e. The molecule has 0 aliphatic carbocycles. The van der Waals surface area contributed by atoms with E-state index in [0.29, 0.717) is 6.42 Å². The minimum Gasteiger partial charge on any atom is -0.394 e. The fraction of sp³-hybridized carbons (Fsp3) is 1.00. The van der Waals surface area contributed by atoms with Crippen LogP contribution in [-0.2, 0) is 4.74 Å². The van der Waals surface area contributed by atoms with Crippen LogP contribution in [0.2, 0.25) is 0 Å². The lowest BCUT2D eigenvalue weighted by atomic mass is 10.1. The van der Waals surface area contributed by atoms with Gasteiger partial charge < -0.3 is 20.1 Å². The topological polar surface area (TPSA) is 69.9 Å². The fourth-order valence-corrected chi connectivity index (χ4v) is 1.85. The highest BCUT2D eigenvalue weighted by molar-refractivity contribution is 4.82. The van der Waals surface area contributed by atoms with E-state index in [0.717, 1.165) is 19.3 Å². The molecule has 0 aromatic heterocycles. The molecular weight excluding hydrogens is 184 g/mol. The highest BCUT2D eigenvalue weighted by Gasteiger charge is 2.33. The Morgan fingerprint density at radius 2 is 1.79 bits per heavy atom. The van der Waals surface area contributed by atoms with E-state index in [1.165, 1.54) is 0 Å². The number of rotatable bonds is 5. The van der Waals surface area contributed by atoms with Gasteiger partial charge in [-0.25, -0.2) is 0 Å². The van der Waals surface area contributed by atoms with Crippen LogP contribution < -0.4 is 0 Å². The van der Waals surface area contributed by atoms with Crippen molar-refractivity contribution < 1.29 is 20.1 Å². The van der Waals surface area contributed by atoms with E-state index in [9.17, 15) is 10.2 Å². The number of hydrogen-bond donors (Lipinski definition) is 3. The van der Waals surface area contributed by atoms with Crippen molar-refractivity contribution in [3.63, 3.8) is 0 Å². The van der Waals surface area contributed by atoms with E-state index in [1.807, 2.05) is 6.92 Å². The summed E-state index contributed by atoms with van der Waals surface area (Å²) < 4.78 is 5.47. The SMILES string of the molecule is CCC[C@H](O)[C@@H]1CC[C@H]([C@H](O)CO)O1. The summed E-state index contributed by atoms with van der Waals surface area (Å²) in [5.41, 5.74) is 0. The quantitative estimate of drug-likeness (QED) is 0.592. The molecule has 0 unspecified atom stereocenters. The van der Waals surface area contributed by atoms with Gasteiger partial charge in [0.1, 0.15) is 6.10 Å². The molecule has 1 heterocycles. The van der Waals surface area contributed by atoms with E-state index < -0.39 is 12.2 Å². The Hall–Kier alpha value is -0.160. The lowest BCUT2D eigenvalue weighted by Gasteiger charge is -2.20. The van der Waals surface area contributed by atoms with Gasteiger partial charge in [-0.05, 0) is 19.3 Å². The van der Waals surface area contributed by atoms with Crippen molar-refractivity contribution in [2.24, 2.45) is 0 Å². The molecule has 1 aliphatic rings. The Kier molecular flexibility index (Phi) is 4.81. The van der Waals surface area contributed by atoms with Crippen LogP contribution in [0.4, 0.5) is 0 Å². The van der Waals surface area contributed by atoms with Crippen molar-refractivity contribution in [2.75, 3.05) is 6.61 Å². The molecule has 3 N–H and O–H groups in total. The van der Waals surface area contributed by atoms with Crippen LogP contribution in [0.25, 0.3) is 0 Å². The molecular formula is C10H20O4. The van der Waals surface area contributed by atoms with E-state index in [-0.39, 0.29) is 18.8 Å². The van der Waals surface area contributed by atoms with Gasteiger partial charge in [0.2, 0.25) is 0 Å². The third-order valence-electron chi connectivity index (χ3n) is 2.72. The van der Waals surface area contributed by atoms with Gasteiger partial charge in [0.15, 0.2) is 0 Å². The fourth-order valence-electron chi connectivity index (χ4n) is 1.85. The zero-order chi connectivity index (χ0) is 10.6. The third-order valence-corrected chi connectivity index (χ3v) is 2.72. The van der Waals surface area contributed by atoms with Gasteiger partial charge in [-0.2, -0.15) is 0 Å². The summed E-state index contributed by atoms with van der Waals surface area (Å²) in [4.78, 5) is 0. The Labute approximate surface area is 84.5 Å². The van der Waals surface area contributed by atoms with Crippen LogP contribution in [0.1, 0.15) is 32.6 Å². The lowest BCUT2D eigenvalue weighted by Crippen LogP contribution is -2.32. The molecule has 1 saturated heterocycles. The molecule has 0 aromatic carbocycles. The maximum absolute atomic E-state index is 9.65. The third kappa shape index (κ3) is 2.92. The van der Waals surface area contributed by atoms with Gasteiger partial charge in [-0.15, -0.1) is 0 Å². The van der Waals surface area contributed by atoms with Crippen molar-refractivity contribution in [2.45, 2.75) is 57.0 Å². The number of hydrogen-bond acceptors (Lipinski definition) is 4. The van der Waals surface area contributed by atoms with E-state index in [4.69, 9.17) is 9.84 Å². The molecule has 1 rings (SSSR count). The highest BCUT2D eigenvalue weighted by atomic mass is 16.5. The molecule has 0 aromatic rings. The van der Waals surface area contributed by atoms with Crippen LogP contribution in [0, 0.1) is 0 Å². The molecule has 14 heavy (non-hydrogen) atoms. The maximum atomic E-state index is 9.65. The normalized spacial score (nSPS) is 31.7. The Bertz CT molecular complexity index is 162. The van der Waals surface area contributed by atoms with E-state index >= 15 is 0 Å². The molecule has 0 radical (unpaired) electrons. The molecule has 0 amide bonds. The smallest absolute Gasteiger partial charge is 0.103 e. The first-order chi connectivity index (χ1) is 6.69. The van der Waals surface area contributed by atoms with Crippen molar-refractivity contribution in [3.8, 4) is 0 Å². The predicted octanol–water partition coefficient (Wildman–Crippen LogP) is 0.0482. The first-order valence-corrected chi connectivity index (χ1v) is 5.31. The van der Waals surface area contributed by atoms with E-state index in [2.05, 4.69) is 0 Å². The van der Waals surface area contributed by atoms with Crippen molar-refractivity contribution in [1.82, 2.24) is 0 Å². The summed E-state index contributed by atoms with van der Waals surface area (Å²) >= 11 is 0. The Morgan fingerprint density at radius 3 is 2.29 bits per heavy atom. The van der Waals surface area contributed by atoms with Crippen molar-refractivity contribution in [1.29, 1.82) is 0 Å². The summed E-state index contributed by atoms with van der Waals surface area (Å²) in [5.74, 6) is 0. The highest BCUT2D eigenvalue weighted by Crippen LogP contribution is 2.25. The molecule has 0 saturated carbocycles. The molecule has 0 bridgehead atoms. The molecule has 4 heteroatoms. The molecule has 0 spiro atoms. The predicted molar refractivity (Wildman–Crippen MR) is 51.9 cm³/mol. The standard InChI is InChI=1S/C10H20O4/c1-2-3-7(12)9-4-5-10(14-9)8(13)6-11/h7-13H,2-6H2,1H3/t7-,8+,9-,10+/m0/s1. The van der Waals surface area contributed by atoms with Gasteiger partial charge in [-0.1, -0.05) is 13.3 Å². The number of aliphatic hydroxyl groups excluding tert-OH is 3. The summed E-state index contributed by atoms with van der Waals surface area (Å²) in [7, 11) is 0. The average Bonchev–Trinajstić information content (AvgIpc) is 2.66. The van der Waals surface area contributed by atoms with Crippen LogP contribution in [-0.4, -0.2) is 46.3 Å². The van der Waals surface area contributed by atoms with Crippen molar-refractivity contribution >= 4 is 0 Å². The van der Waals surface area contributed by atoms with Crippen LogP contribution in [0.3, 0.4) is 0 Å². The van der Waals surface area contributed by atoms with Crippen LogP contribution >= 0.6 is 0 Å². The van der Waals surface area contributed by atoms with E-state index in [1.54, 1.807) is 0 Å². The van der Waals surface area contributed by atoms with Gasteiger partial charge in [0.05, 0.1) is 24.9 Å². The molecule has 1 aliphatic heterocycles. The summed E-state index contributed by atoms with van der Waals surface area (Å²) in [5, 5.41) is 27.7. The molecule has 84 valence electrons. The summed E-state index contributed by atoms with van der Waals surface area (Å²) in [6, 6.07) is 0. The second-order valence-corrected chi connectivity index (χ2v) is 3.90. The zero-order valence-electron chi connectivity index (χ0n) is 8.59. The van der Waals surface area contributed by atoms with Gasteiger partial charge >= 0.3 is 0 Å². The first-order valence-electron chi connectivity index (χ1n) is 5.31. The lowest BCUT2D eigenvalue weighted by molar-refractivity contribution is -0.0870. The minimum atomic E-state index is -0.811. The van der Waals surface area contributed by atoms with Crippen LogP contribution in [0.15, 0.2) is 0 Å². The zero-order valence-corrected chi connectivity index (χ0v) is 8.59. The summed E-state index contributed by atoms with van der Waals surface area (Å²) in [6.45, 7) is 1.74. The van der Waals surface area contributed by atoms with Gasteiger partial charge in [0, 0.05) is 0 Å². The minimum absolute atomic E-state index is 0.166. The number of ether oxygens (including phenoxy) is 1. The van der Waals surface area contributed by atoms with Gasteiger partial charge in [-0.3, -0.25) is 0 Å². The molecule has 4 atom stereocenters.